The Kier molecular flexibility index (Phi) is 5.24. The largest absolute Gasteiger partial charge is 0.449 e. The molecule has 10 nitrogen and oxygen atoms in total. The number of aryl methyl sites for hydroxylation is 2. The first-order valence-electron chi connectivity index (χ1n) is 7.67. The topological polar surface area (TPSA) is 142 Å². The lowest BCUT2D eigenvalue weighted by Gasteiger charge is -2.14. The SMILES string of the molecule is Cc1nn(C)c(C)c1NC(=O)[C@H](C)OC(=O)c1ccc([N+](=O)[O-])cc1N. The Balaban J connectivity index is 2.09. The molecule has 0 saturated carbocycles. The molecule has 0 bridgehead atoms. The zero-order chi connectivity index (χ0) is 19.6. The number of aromatic nitrogens is 2. The first-order valence-corrected chi connectivity index (χ1v) is 7.67. The Hall–Kier alpha value is -3.43. The van der Waals surface area contributed by atoms with Crippen LogP contribution in [0.5, 0.6) is 0 Å². The molecule has 3 N–H and O–H groups in total. The maximum absolute atomic E-state index is 12.3. The highest BCUT2D eigenvalue weighted by atomic mass is 16.6. The first kappa shape index (κ1) is 18.9. The van der Waals surface area contributed by atoms with Gasteiger partial charge in [-0.05, 0) is 26.8 Å². The van der Waals surface area contributed by atoms with Gasteiger partial charge in [0.2, 0.25) is 0 Å². The van der Waals surface area contributed by atoms with Gasteiger partial charge in [0.25, 0.3) is 11.6 Å². The van der Waals surface area contributed by atoms with Gasteiger partial charge in [0.1, 0.15) is 0 Å². The number of rotatable bonds is 5. The van der Waals surface area contributed by atoms with Crippen LogP contribution in [0.15, 0.2) is 18.2 Å². The second kappa shape index (κ2) is 7.21. The second-order valence-corrected chi connectivity index (χ2v) is 5.73. The van der Waals surface area contributed by atoms with Gasteiger partial charge in [-0.15, -0.1) is 0 Å². The number of amides is 1. The summed E-state index contributed by atoms with van der Waals surface area (Å²) in [6.07, 6.45) is -1.10. The van der Waals surface area contributed by atoms with E-state index < -0.39 is 22.9 Å². The van der Waals surface area contributed by atoms with Gasteiger partial charge in [0.15, 0.2) is 6.10 Å². The van der Waals surface area contributed by atoms with E-state index in [2.05, 4.69) is 10.4 Å². The molecule has 0 spiro atoms. The average Bonchev–Trinajstić information content (AvgIpc) is 2.80. The Morgan fingerprint density at radius 3 is 2.54 bits per heavy atom. The predicted octanol–water partition coefficient (Wildman–Crippen LogP) is 1.71. The number of nitro benzene ring substituents is 1. The van der Waals surface area contributed by atoms with Crippen LogP contribution in [0.2, 0.25) is 0 Å². The summed E-state index contributed by atoms with van der Waals surface area (Å²) in [5.41, 5.74) is 7.21. The maximum Gasteiger partial charge on any atom is 0.341 e. The molecule has 2 rings (SSSR count). The van der Waals surface area contributed by atoms with Crippen molar-refractivity contribution >= 4 is 28.9 Å². The Labute approximate surface area is 149 Å². The minimum absolute atomic E-state index is 0.0519. The van der Waals surface area contributed by atoms with E-state index in [0.717, 1.165) is 17.8 Å². The van der Waals surface area contributed by atoms with E-state index in [1.54, 1.807) is 25.6 Å². The van der Waals surface area contributed by atoms with Crippen molar-refractivity contribution in [2.45, 2.75) is 26.9 Å². The van der Waals surface area contributed by atoms with Crippen molar-refractivity contribution in [1.29, 1.82) is 0 Å². The van der Waals surface area contributed by atoms with Crippen molar-refractivity contribution in [3.8, 4) is 0 Å². The molecular formula is C16H19N5O5. The summed E-state index contributed by atoms with van der Waals surface area (Å²) in [5, 5.41) is 17.6. The zero-order valence-corrected chi connectivity index (χ0v) is 14.8. The van der Waals surface area contributed by atoms with E-state index in [4.69, 9.17) is 10.5 Å². The Morgan fingerprint density at radius 2 is 2.04 bits per heavy atom. The van der Waals surface area contributed by atoms with Crippen LogP contribution in [0.4, 0.5) is 17.1 Å². The van der Waals surface area contributed by atoms with Crippen LogP contribution >= 0.6 is 0 Å². The predicted molar refractivity (Wildman–Crippen MR) is 93.7 cm³/mol. The summed E-state index contributed by atoms with van der Waals surface area (Å²) < 4.78 is 6.73. The minimum Gasteiger partial charge on any atom is -0.449 e. The quantitative estimate of drug-likeness (QED) is 0.357. The maximum atomic E-state index is 12.3. The molecule has 1 aromatic heterocycles. The van der Waals surface area contributed by atoms with Gasteiger partial charge < -0.3 is 15.8 Å². The molecule has 0 fully saturated rings. The van der Waals surface area contributed by atoms with Crippen LogP contribution in [0.3, 0.4) is 0 Å². The van der Waals surface area contributed by atoms with Crippen LogP contribution in [0.25, 0.3) is 0 Å². The van der Waals surface area contributed by atoms with Crippen LogP contribution in [-0.2, 0) is 16.6 Å². The van der Waals surface area contributed by atoms with E-state index in [0.29, 0.717) is 11.4 Å². The van der Waals surface area contributed by atoms with E-state index in [-0.39, 0.29) is 16.9 Å². The lowest BCUT2D eigenvalue weighted by atomic mass is 10.1. The van der Waals surface area contributed by atoms with Gasteiger partial charge in [-0.25, -0.2) is 4.79 Å². The molecule has 0 aliphatic rings. The number of carbonyl (C=O) groups excluding carboxylic acids is 2. The highest BCUT2D eigenvalue weighted by Crippen LogP contribution is 2.22. The fourth-order valence-corrected chi connectivity index (χ4v) is 2.31. The normalized spacial score (nSPS) is 11.7. The number of ether oxygens (including phenoxy) is 1. The van der Waals surface area contributed by atoms with Crippen LogP contribution in [0, 0.1) is 24.0 Å². The molecule has 1 amide bonds. The highest BCUT2D eigenvalue weighted by molar-refractivity contribution is 6.00. The smallest absolute Gasteiger partial charge is 0.341 e. The number of nitrogens with one attached hydrogen (secondary N) is 1. The average molecular weight is 361 g/mol. The van der Waals surface area contributed by atoms with Gasteiger partial charge in [-0.2, -0.15) is 5.10 Å². The standard InChI is InChI=1S/C16H19N5O5/c1-8-14(9(2)20(4)19-8)18-15(22)10(3)26-16(23)12-6-5-11(21(24)25)7-13(12)17/h5-7,10H,17H2,1-4H3,(H,18,22)/t10-/m0/s1. The third-order valence-corrected chi connectivity index (χ3v) is 3.88. The second-order valence-electron chi connectivity index (χ2n) is 5.73. The van der Waals surface area contributed by atoms with Crippen molar-refractivity contribution in [3.63, 3.8) is 0 Å². The molecule has 26 heavy (non-hydrogen) atoms. The van der Waals surface area contributed by atoms with Crippen LogP contribution < -0.4 is 11.1 Å². The molecule has 0 radical (unpaired) electrons. The van der Waals surface area contributed by atoms with Gasteiger partial charge in [0, 0.05) is 19.2 Å². The van der Waals surface area contributed by atoms with Gasteiger partial charge >= 0.3 is 5.97 Å². The number of nitro groups is 1. The van der Waals surface area contributed by atoms with Crippen molar-refractivity contribution in [2.24, 2.45) is 7.05 Å². The number of benzene rings is 1. The molecule has 0 aliphatic heterocycles. The number of nitrogen functional groups attached to an aromatic ring is 1. The molecule has 0 saturated heterocycles. The molecule has 138 valence electrons. The van der Waals surface area contributed by atoms with Crippen molar-refractivity contribution in [2.75, 3.05) is 11.1 Å². The Morgan fingerprint density at radius 1 is 1.38 bits per heavy atom. The first-order chi connectivity index (χ1) is 12.1. The zero-order valence-electron chi connectivity index (χ0n) is 14.8. The fraction of sp³-hybridized carbons (Fsp3) is 0.312. The third-order valence-electron chi connectivity index (χ3n) is 3.88. The fourth-order valence-electron chi connectivity index (χ4n) is 2.31. The number of hydrogen-bond donors (Lipinski definition) is 2. The summed E-state index contributed by atoms with van der Waals surface area (Å²) in [7, 11) is 1.75. The number of nitrogens with two attached hydrogens (primary N) is 1. The number of carbonyl (C=O) groups is 2. The van der Waals surface area contributed by atoms with E-state index in [9.17, 15) is 19.7 Å². The molecule has 2 aromatic rings. The van der Waals surface area contributed by atoms with Crippen molar-refractivity contribution < 1.29 is 19.2 Å². The molecule has 0 aliphatic carbocycles. The Bertz CT molecular complexity index is 889. The summed E-state index contributed by atoms with van der Waals surface area (Å²) in [6.45, 7) is 4.95. The van der Waals surface area contributed by atoms with Crippen molar-refractivity contribution in [3.05, 3.63) is 45.3 Å². The number of nitrogens with zero attached hydrogens (tertiary/aromatic N) is 3. The molecule has 10 heteroatoms. The molecule has 1 atom stereocenters. The number of esters is 1. The van der Waals surface area contributed by atoms with E-state index in [1.807, 2.05) is 0 Å². The summed E-state index contributed by atoms with van der Waals surface area (Å²) in [4.78, 5) is 34.5. The number of anilines is 2. The van der Waals surface area contributed by atoms with Crippen molar-refractivity contribution in [1.82, 2.24) is 9.78 Å². The summed E-state index contributed by atoms with van der Waals surface area (Å²) in [6, 6.07) is 3.39. The minimum atomic E-state index is -1.10. The summed E-state index contributed by atoms with van der Waals surface area (Å²) in [5.74, 6) is -1.38. The molecule has 0 unspecified atom stereocenters. The third kappa shape index (κ3) is 3.79. The highest BCUT2D eigenvalue weighted by Gasteiger charge is 2.23. The lowest BCUT2D eigenvalue weighted by molar-refractivity contribution is -0.384. The van der Waals surface area contributed by atoms with Gasteiger partial charge in [0.05, 0.1) is 33.2 Å². The summed E-state index contributed by atoms with van der Waals surface area (Å²) >= 11 is 0. The van der Waals surface area contributed by atoms with Crippen LogP contribution in [-0.4, -0.2) is 32.7 Å². The van der Waals surface area contributed by atoms with E-state index >= 15 is 0 Å². The molecule has 1 aromatic carbocycles. The van der Waals surface area contributed by atoms with Crippen LogP contribution in [0.1, 0.15) is 28.7 Å². The molecular weight excluding hydrogens is 342 g/mol. The monoisotopic (exact) mass is 361 g/mol. The van der Waals surface area contributed by atoms with Gasteiger partial charge in [-0.3, -0.25) is 19.6 Å². The lowest BCUT2D eigenvalue weighted by Crippen LogP contribution is -2.30. The number of non-ortho nitro benzene ring substituents is 1. The number of hydrogen-bond acceptors (Lipinski definition) is 7. The van der Waals surface area contributed by atoms with E-state index in [1.165, 1.54) is 13.0 Å². The van der Waals surface area contributed by atoms with Gasteiger partial charge in [-0.1, -0.05) is 0 Å². The molecule has 1 heterocycles.